The maximum absolute atomic E-state index is 12.4. The summed E-state index contributed by atoms with van der Waals surface area (Å²) in [4.78, 5) is 20.9. The lowest BCUT2D eigenvalue weighted by atomic mass is 9.94. The molecule has 2 aromatic carbocycles. The zero-order valence-corrected chi connectivity index (χ0v) is 21.8. The Bertz CT molecular complexity index is 1060. The van der Waals surface area contributed by atoms with Crippen LogP contribution in [0.2, 0.25) is 0 Å². The van der Waals surface area contributed by atoms with Gasteiger partial charge >= 0.3 is 5.97 Å². The number of carbonyl (C=O) groups is 1. The minimum atomic E-state index is -0.350. The number of oxazole rings is 1. The molecule has 3 aromatic rings. The number of halogens is 1. The third kappa shape index (κ3) is 8.20. The van der Waals surface area contributed by atoms with E-state index in [9.17, 15) is 4.79 Å². The van der Waals surface area contributed by atoms with Crippen molar-refractivity contribution >= 4 is 35.9 Å². The molecule has 33 heavy (non-hydrogen) atoms. The van der Waals surface area contributed by atoms with Gasteiger partial charge in [-0.2, -0.15) is 0 Å². The normalized spacial score (nSPS) is 11.5. The average molecular weight is 562 g/mol. The molecular formula is C25H31IN4O3. The van der Waals surface area contributed by atoms with Crippen LogP contribution >= 0.6 is 24.0 Å². The molecular weight excluding hydrogens is 531 g/mol. The van der Waals surface area contributed by atoms with Crippen LogP contribution in [-0.2, 0) is 29.8 Å². The van der Waals surface area contributed by atoms with Gasteiger partial charge < -0.3 is 19.8 Å². The van der Waals surface area contributed by atoms with Crippen LogP contribution in [0.5, 0.6) is 0 Å². The number of hydrogen-bond donors (Lipinski definition) is 2. The Labute approximate surface area is 212 Å². The van der Waals surface area contributed by atoms with Crippen LogP contribution in [0.3, 0.4) is 0 Å². The number of aromatic nitrogens is 1. The van der Waals surface area contributed by atoms with Crippen LogP contribution in [0.4, 0.5) is 0 Å². The smallest absolute Gasteiger partial charge is 0.338 e. The van der Waals surface area contributed by atoms with Crippen molar-refractivity contribution in [2.45, 2.75) is 45.9 Å². The van der Waals surface area contributed by atoms with Crippen molar-refractivity contribution in [3.63, 3.8) is 0 Å². The van der Waals surface area contributed by atoms with Crippen LogP contribution in [0.25, 0.3) is 0 Å². The molecule has 0 aliphatic rings. The molecule has 0 fully saturated rings. The number of nitrogens with one attached hydrogen (secondary N) is 2. The van der Waals surface area contributed by atoms with Gasteiger partial charge in [-0.3, -0.25) is 4.99 Å². The van der Waals surface area contributed by atoms with Crippen LogP contribution < -0.4 is 10.6 Å². The molecule has 0 saturated carbocycles. The predicted octanol–water partition coefficient (Wildman–Crippen LogP) is 4.81. The third-order valence-corrected chi connectivity index (χ3v) is 4.76. The van der Waals surface area contributed by atoms with Crippen LogP contribution in [0.15, 0.2) is 70.2 Å². The number of aliphatic imine (C=N–C) groups is 1. The van der Waals surface area contributed by atoms with Gasteiger partial charge in [0.05, 0.1) is 18.3 Å². The van der Waals surface area contributed by atoms with E-state index in [-0.39, 0.29) is 42.0 Å². The molecule has 2 N–H and O–H groups in total. The number of benzene rings is 2. The van der Waals surface area contributed by atoms with E-state index in [0.717, 1.165) is 16.9 Å². The molecule has 176 valence electrons. The standard InChI is InChI=1S/C25H30N4O3.HI/c1-25(2,3)21-15-27-22(32-21)16-29-24(26-4)28-14-19-11-8-12-20(13-19)23(30)31-17-18-9-6-5-7-10-18;/h5-13,15H,14,16-17H2,1-4H3,(H2,26,28,29);1H. The summed E-state index contributed by atoms with van der Waals surface area (Å²) in [6.45, 7) is 7.40. The zero-order chi connectivity index (χ0) is 23.0. The van der Waals surface area contributed by atoms with Gasteiger partial charge in [-0.15, -0.1) is 24.0 Å². The summed E-state index contributed by atoms with van der Waals surface area (Å²) in [6, 6.07) is 17.0. The number of nitrogens with zero attached hydrogens (tertiary/aromatic N) is 2. The highest BCUT2D eigenvalue weighted by Crippen LogP contribution is 2.22. The molecule has 0 atom stereocenters. The Kier molecular flexibility index (Phi) is 9.90. The molecule has 8 heteroatoms. The second kappa shape index (κ2) is 12.4. The van der Waals surface area contributed by atoms with Crippen molar-refractivity contribution in [2.24, 2.45) is 4.99 Å². The molecule has 7 nitrogen and oxygen atoms in total. The van der Waals surface area contributed by atoms with E-state index < -0.39 is 0 Å². The summed E-state index contributed by atoms with van der Waals surface area (Å²) in [5.41, 5.74) is 2.32. The SMILES string of the molecule is CN=C(NCc1cccc(C(=O)OCc2ccccc2)c1)NCc1ncc(C(C)(C)C)o1.I. The fourth-order valence-corrected chi connectivity index (χ4v) is 2.92. The van der Waals surface area contributed by atoms with Crippen molar-refractivity contribution in [3.05, 3.63) is 89.1 Å². The van der Waals surface area contributed by atoms with Crippen molar-refractivity contribution in [1.82, 2.24) is 15.6 Å². The Morgan fingerprint density at radius 3 is 2.39 bits per heavy atom. The molecule has 0 spiro atoms. The quantitative estimate of drug-likeness (QED) is 0.186. The topological polar surface area (TPSA) is 88.8 Å². The predicted molar refractivity (Wildman–Crippen MR) is 140 cm³/mol. The summed E-state index contributed by atoms with van der Waals surface area (Å²) >= 11 is 0. The van der Waals surface area contributed by atoms with Gasteiger partial charge in [-0.1, -0.05) is 63.2 Å². The van der Waals surface area contributed by atoms with Crippen molar-refractivity contribution < 1.29 is 13.9 Å². The number of hydrogen-bond acceptors (Lipinski definition) is 5. The monoisotopic (exact) mass is 562 g/mol. The van der Waals surface area contributed by atoms with Crippen LogP contribution in [0.1, 0.15) is 53.9 Å². The Morgan fingerprint density at radius 1 is 1.03 bits per heavy atom. The summed E-state index contributed by atoms with van der Waals surface area (Å²) in [5, 5.41) is 6.42. The Hall–Kier alpha value is -2.88. The number of guanidine groups is 1. The second-order valence-electron chi connectivity index (χ2n) is 8.41. The first-order chi connectivity index (χ1) is 15.3. The number of rotatable bonds is 7. The number of carbonyl (C=O) groups excluding carboxylic acids is 1. The molecule has 0 radical (unpaired) electrons. The maximum Gasteiger partial charge on any atom is 0.338 e. The van der Waals surface area contributed by atoms with Crippen LogP contribution in [0, 0.1) is 0 Å². The summed E-state index contributed by atoms with van der Waals surface area (Å²) in [5.74, 6) is 1.70. The molecule has 3 rings (SSSR count). The Balaban J connectivity index is 0.00000385. The van der Waals surface area contributed by atoms with Crippen molar-refractivity contribution in [3.8, 4) is 0 Å². The summed E-state index contributed by atoms with van der Waals surface area (Å²) in [7, 11) is 1.70. The highest BCUT2D eigenvalue weighted by molar-refractivity contribution is 14.0. The highest BCUT2D eigenvalue weighted by Gasteiger charge is 2.19. The minimum absolute atomic E-state index is 0. The molecule has 1 heterocycles. The summed E-state index contributed by atoms with van der Waals surface area (Å²) < 4.78 is 11.2. The van der Waals surface area contributed by atoms with Gasteiger partial charge in [0.2, 0.25) is 5.89 Å². The van der Waals surface area contributed by atoms with E-state index >= 15 is 0 Å². The van der Waals surface area contributed by atoms with Gasteiger partial charge in [0, 0.05) is 19.0 Å². The molecule has 1 aromatic heterocycles. The molecule has 0 aliphatic heterocycles. The van der Waals surface area contributed by atoms with Gasteiger partial charge in [0.1, 0.15) is 12.4 Å². The molecule has 0 amide bonds. The van der Waals surface area contributed by atoms with E-state index in [1.807, 2.05) is 48.5 Å². The minimum Gasteiger partial charge on any atom is -0.457 e. The van der Waals surface area contributed by atoms with E-state index in [4.69, 9.17) is 9.15 Å². The summed E-state index contributed by atoms with van der Waals surface area (Å²) in [6.07, 6.45) is 1.76. The van der Waals surface area contributed by atoms with Gasteiger partial charge in [-0.25, -0.2) is 9.78 Å². The zero-order valence-electron chi connectivity index (χ0n) is 19.4. The molecule has 0 aliphatic carbocycles. The van der Waals surface area contributed by atoms with Crippen molar-refractivity contribution in [1.29, 1.82) is 0 Å². The van der Waals surface area contributed by atoms with Gasteiger partial charge in [-0.05, 0) is 23.3 Å². The first-order valence-electron chi connectivity index (χ1n) is 10.5. The number of ether oxygens (including phenoxy) is 1. The van der Waals surface area contributed by atoms with Crippen molar-refractivity contribution in [2.75, 3.05) is 7.05 Å². The van der Waals surface area contributed by atoms with E-state index in [0.29, 0.717) is 30.5 Å². The second-order valence-corrected chi connectivity index (χ2v) is 8.41. The van der Waals surface area contributed by atoms with E-state index in [2.05, 4.69) is 41.4 Å². The lowest BCUT2D eigenvalue weighted by Gasteiger charge is -2.13. The Morgan fingerprint density at radius 2 is 1.73 bits per heavy atom. The third-order valence-electron chi connectivity index (χ3n) is 4.76. The molecule has 0 unspecified atom stereocenters. The fourth-order valence-electron chi connectivity index (χ4n) is 2.92. The largest absolute Gasteiger partial charge is 0.457 e. The maximum atomic E-state index is 12.4. The fraction of sp³-hybridized carbons (Fsp3) is 0.320. The first kappa shape index (κ1) is 26.4. The lowest BCUT2D eigenvalue weighted by molar-refractivity contribution is 0.0472. The van der Waals surface area contributed by atoms with E-state index in [1.54, 1.807) is 19.3 Å². The van der Waals surface area contributed by atoms with Gasteiger partial charge in [0.25, 0.3) is 0 Å². The highest BCUT2D eigenvalue weighted by atomic mass is 127. The van der Waals surface area contributed by atoms with E-state index in [1.165, 1.54) is 0 Å². The average Bonchev–Trinajstić information content (AvgIpc) is 3.28. The van der Waals surface area contributed by atoms with Gasteiger partial charge in [0.15, 0.2) is 5.96 Å². The molecule has 0 bridgehead atoms. The first-order valence-corrected chi connectivity index (χ1v) is 10.5. The lowest BCUT2D eigenvalue weighted by Crippen LogP contribution is -2.36. The molecule has 0 saturated heterocycles. The number of esters is 1. The van der Waals surface area contributed by atoms with Crippen LogP contribution in [-0.4, -0.2) is 24.0 Å².